The average molecular weight is 517 g/mol. The van der Waals surface area contributed by atoms with Crippen molar-refractivity contribution in [3.05, 3.63) is 53.4 Å². The number of thioether (sulfide) groups is 1. The Morgan fingerprint density at radius 3 is 1.70 bits per heavy atom. The molecule has 0 saturated carbocycles. The van der Waals surface area contributed by atoms with Crippen molar-refractivity contribution >= 4 is 36.5 Å². The lowest BCUT2D eigenvalue weighted by Gasteiger charge is -2.07. The monoisotopic (exact) mass is 516 g/mol. The molecular weight excluding hydrogens is 495 g/mol. The third-order valence-corrected chi connectivity index (χ3v) is 4.31. The number of rotatable bonds is 5. The van der Waals surface area contributed by atoms with Gasteiger partial charge in [0.15, 0.2) is 29.0 Å². The topological polar surface area (TPSA) is 78.9 Å². The summed E-state index contributed by atoms with van der Waals surface area (Å²) < 4.78 is 76.5. The molecule has 0 aliphatic carbocycles. The van der Waals surface area contributed by atoms with E-state index in [9.17, 15) is 26.7 Å². The highest BCUT2D eigenvalue weighted by atomic mass is 32.2. The van der Waals surface area contributed by atoms with Gasteiger partial charge in [-0.2, -0.15) is 26.6 Å². The summed E-state index contributed by atoms with van der Waals surface area (Å²) >= 11 is 4.85. The largest absolute Gasteiger partial charge is 0.495 e. The number of halogens is 5. The minimum Gasteiger partial charge on any atom is -0.495 e. The van der Waals surface area contributed by atoms with Crippen LogP contribution >= 0.6 is 24.4 Å². The molecule has 0 bridgehead atoms. The Labute approximate surface area is 196 Å². The zero-order valence-corrected chi connectivity index (χ0v) is 19.6. The van der Waals surface area contributed by atoms with Gasteiger partial charge >= 0.3 is 12.1 Å². The summed E-state index contributed by atoms with van der Waals surface area (Å²) in [6.45, 7) is 1.87. The van der Waals surface area contributed by atoms with Crippen molar-refractivity contribution in [3.8, 4) is 11.5 Å². The molecule has 0 spiro atoms. The molecule has 0 aliphatic heterocycles. The number of esters is 1. The Bertz CT molecular complexity index is 903. The Morgan fingerprint density at radius 1 is 0.879 bits per heavy atom. The van der Waals surface area contributed by atoms with Gasteiger partial charge in [-0.15, -0.1) is 11.8 Å². The van der Waals surface area contributed by atoms with E-state index in [2.05, 4.69) is 22.1 Å². The van der Waals surface area contributed by atoms with E-state index in [1.54, 1.807) is 0 Å². The molecule has 2 aromatic rings. The summed E-state index contributed by atoms with van der Waals surface area (Å²) in [5.74, 6) is -5.07. The van der Waals surface area contributed by atoms with Gasteiger partial charge in [-0.3, -0.25) is 4.79 Å². The fourth-order valence-corrected chi connectivity index (χ4v) is 2.62. The number of thiol groups is 1. The first-order valence-corrected chi connectivity index (χ1v) is 10.2. The number of carbonyl (C=O) groups is 1. The number of hydrogen-bond acceptors (Lipinski definition) is 8. The summed E-state index contributed by atoms with van der Waals surface area (Å²) in [4.78, 5) is 26.4. The zero-order chi connectivity index (χ0) is 26.0. The summed E-state index contributed by atoms with van der Waals surface area (Å²) in [6, 6.07) is 4.31. The summed E-state index contributed by atoms with van der Waals surface area (Å²) in [5, 5.41) is 0. The van der Waals surface area contributed by atoms with Crippen LogP contribution in [0.4, 0.5) is 22.0 Å². The average Bonchev–Trinajstić information content (AvgIpc) is 2.82. The Balaban J connectivity index is 0. The standard InChI is InChI=1S/C9H10F2OS.C7H5F3O.C3H6O2S.CO2/c1-3-13-9-7(12-2)5-4-6(10)8(9)11;1-11-5-3-2-4(8)6(9)7(5)10;1-5-3(4)2-6;2-1-3/h4-5H,3H2,1-2H3;2-3H,1H3;6H,2H2,1H3;. The Hall–Kier alpha value is -2.76. The van der Waals surface area contributed by atoms with Crippen LogP contribution in [-0.2, 0) is 19.1 Å². The molecule has 0 radical (unpaired) electrons. The summed E-state index contributed by atoms with van der Waals surface area (Å²) in [6.07, 6.45) is 0.250. The SMILES string of the molecule is CCSc1c(OC)ccc(F)c1F.COC(=O)CS.COc1ccc(F)c(F)c1F.O=C=O. The molecule has 0 fully saturated rings. The molecule has 2 aromatic carbocycles. The van der Waals surface area contributed by atoms with Crippen LogP contribution in [0, 0.1) is 29.1 Å². The lowest BCUT2D eigenvalue weighted by molar-refractivity contribution is -0.191. The van der Waals surface area contributed by atoms with Gasteiger partial charge in [-0.1, -0.05) is 6.92 Å². The third kappa shape index (κ3) is 12.2. The van der Waals surface area contributed by atoms with Crippen LogP contribution in [0.3, 0.4) is 0 Å². The molecule has 0 heterocycles. The van der Waals surface area contributed by atoms with Crippen LogP contribution in [0.2, 0.25) is 0 Å². The number of hydrogen-bond donors (Lipinski definition) is 1. The number of benzene rings is 2. The van der Waals surface area contributed by atoms with Crippen LogP contribution < -0.4 is 9.47 Å². The Morgan fingerprint density at radius 2 is 1.33 bits per heavy atom. The minimum absolute atomic E-state index is 0.163. The van der Waals surface area contributed by atoms with Gasteiger partial charge in [0, 0.05) is 0 Å². The van der Waals surface area contributed by atoms with E-state index in [0.29, 0.717) is 11.5 Å². The van der Waals surface area contributed by atoms with Crippen molar-refractivity contribution in [1.29, 1.82) is 0 Å². The highest BCUT2D eigenvalue weighted by Crippen LogP contribution is 2.32. The maximum atomic E-state index is 13.2. The maximum Gasteiger partial charge on any atom is 0.373 e. The lowest BCUT2D eigenvalue weighted by atomic mass is 10.3. The van der Waals surface area contributed by atoms with Gasteiger partial charge in [0.2, 0.25) is 5.82 Å². The van der Waals surface area contributed by atoms with Crippen LogP contribution in [0.25, 0.3) is 0 Å². The molecule has 6 nitrogen and oxygen atoms in total. The molecular formula is C20H21F5O6S2. The molecule has 0 unspecified atom stereocenters. The van der Waals surface area contributed by atoms with E-state index in [0.717, 1.165) is 18.2 Å². The lowest BCUT2D eigenvalue weighted by Crippen LogP contribution is -1.99. The number of methoxy groups -OCH3 is 3. The quantitative estimate of drug-likeness (QED) is 0.203. The predicted molar refractivity (Wildman–Crippen MR) is 113 cm³/mol. The normalized spacial score (nSPS) is 8.91. The van der Waals surface area contributed by atoms with E-state index < -0.39 is 29.1 Å². The molecule has 2 rings (SSSR count). The molecule has 0 aliphatic rings. The van der Waals surface area contributed by atoms with Gasteiger partial charge in [0.25, 0.3) is 0 Å². The van der Waals surface area contributed by atoms with E-state index in [1.807, 2.05) is 6.92 Å². The second-order valence-electron chi connectivity index (χ2n) is 5.02. The van der Waals surface area contributed by atoms with E-state index >= 15 is 0 Å². The molecule has 0 atom stereocenters. The third-order valence-electron chi connectivity index (χ3n) is 3.10. The molecule has 0 saturated heterocycles. The first-order chi connectivity index (χ1) is 15.6. The second-order valence-corrected chi connectivity index (χ2v) is 6.61. The molecule has 33 heavy (non-hydrogen) atoms. The molecule has 0 N–H and O–H groups in total. The Kier molecular flexibility index (Phi) is 18.4. The molecule has 184 valence electrons. The van der Waals surface area contributed by atoms with Gasteiger partial charge < -0.3 is 14.2 Å². The van der Waals surface area contributed by atoms with Crippen molar-refractivity contribution in [1.82, 2.24) is 0 Å². The molecule has 0 amide bonds. The van der Waals surface area contributed by atoms with Gasteiger partial charge in [-0.05, 0) is 30.0 Å². The molecule has 13 heteroatoms. The summed E-state index contributed by atoms with van der Waals surface area (Å²) in [5.41, 5.74) is 0. The first kappa shape index (κ1) is 32.4. The van der Waals surface area contributed by atoms with Crippen molar-refractivity contribution in [2.45, 2.75) is 11.8 Å². The second kappa shape index (κ2) is 18.8. The van der Waals surface area contributed by atoms with Crippen molar-refractivity contribution in [2.75, 3.05) is 32.8 Å². The predicted octanol–water partition coefficient (Wildman–Crippen LogP) is 4.70. The van der Waals surface area contributed by atoms with Crippen LogP contribution in [-0.4, -0.2) is 45.0 Å². The molecule has 0 aromatic heterocycles. The highest BCUT2D eigenvalue weighted by Gasteiger charge is 2.14. The zero-order valence-electron chi connectivity index (χ0n) is 17.9. The van der Waals surface area contributed by atoms with Gasteiger partial charge in [0.05, 0.1) is 32.0 Å². The van der Waals surface area contributed by atoms with Gasteiger partial charge in [-0.25, -0.2) is 17.6 Å². The van der Waals surface area contributed by atoms with Crippen LogP contribution in [0.1, 0.15) is 6.92 Å². The van der Waals surface area contributed by atoms with Crippen molar-refractivity contribution in [3.63, 3.8) is 0 Å². The fourth-order valence-electron chi connectivity index (χ4n) is 1.68. The highest BCUT2D eigenvalue weighted by molar-refractivity contribution is 7.99. The summed E-state index contributed by atoms with van der Waals surface area (Å²) in [7, 11) is 3.95. The smallest absolute Gasteiger partial charge is 0.373 e. The van der Waals surface area contributed by atoms with E-state index in [-0.39, 0.29) is 28.5 Å². The van der Waals surface area contributed by atoms with Crippen LogP contribution in [0.15, 0.2) is 29.2 Å². The van der Waals surface area contributed by atoms with Crippen molar-refractivity contribution < 1.29 is 50.5 Å². The van der Waals surface area contributed by atoms with E-state index in [1.165, 1.54) is 39.2 Å². The minimum atomic E-state index is -1.51. The fraction of sp³-hybridized carbons (Fsp3) is 0.300. The number of ether oxygens (including phenoxy) is 3. The first-order valence-electron chi connectivity index (χ1n) is 8.59. The van der Waals surface area contributed by atoms with Gasteiger partial charge in [0.1, 0.15) is 5.75 Å². The number of carbonyl (C=O) groups excluding carboxylic acids is 3. The van der Waals surface area contributed by atoms with Crippen LogP contribution in [0.5, 0.6) is 11.5 Å². The van der Waals surface area contributed by atoms with Crippen molar-refractivity contribution in [2.24, 2.45) is 0 Å². The van der Waals surface area contributed by atoms with E-state index in [4.69, 9.17) is 14.3 Å². The maximum absolute atomic E-state index is 13.2.